The van der Waals surface area contributed by atoms with Crippen LogP contribution < -0.4 is 5.73 Å². The summed E-state index contributed by atoms with van der Waals surface area (Å²) in [6, 6.07) is 1.34. The quantitative estimate of drug-likeness (QED) is 0.877. The number of aromatic nitrogens is 2. The Morgan fingerprint density at radius 2 is 1.81 bits per heavy atom. The maximum atomic E-state index is 12.6. The van der Waals surface area contributed by atoms with Crippen molar-refractivity contribution in [2.75, 3.05) is 5.73 Å². The largest absolute Gasteiger partial charge is 0.477 e. The third-order valence-corrected chi connectivity index (χ3v) is 3.12. The van der Waals surface area contributed by atoms with Gasteiger partial charge in [0.25, 0.3) is 0 Å². The third-order valence-electron chi connectivity index (χ3n) is 2.55. The van der Waals surface area contributed by atoms with Gasteiger partial charge < -0.3 is 10.8 Å². The van der Waals surface area contributed by atoms with Crippen LogP contribution in [0, 0.1) is 0 Å². The van der Waals surface area contributed by atoms with E-state index in [0.29, 0.717) is 12.1 Å². The second kappa shape index (κ2) is 5.12. The summed E-state index contributed by atoms with van der Waals surface area (Å²) in [6.07, 6.45) is -3.60. The van der Waals surface area contributed by atoms with Gasteiger partial charge in [0.15, 0.2) is 5.82 Å². The van der Waals surface area contributed by atoms with Crippen LogP contribution in [0.1, 0.15) is 15.9 Å². The van der Waals surface area contributed by atoms with Crippen molar-refractivity contribution in [2.24, 2.45) is 0 Å². The number of carboxylic acids is 1. The molecule has 112 valence electrons. The number of halogens is 5. The van der Waals surface area contributed by atoms with Crippen LogP contribution in [0.15, 0.2) is 18.3 Å². The van der Waals surface area contributed by atoms with Crippen molar-refractivity contribution >= 4 is 35.0 Å². The van der Waals surface area contributed by atoms with E-state index in [9.17, 15) is 18.0 Å². The van der Waals surface area contributed by atoms with E-state index in [1.807, 2.05) is 0 Å². The van der Waals surface area contributed by atoms with Crippen LogP contribution >= 0.6 is 23.2 Å². The number of alkyl halides is 3. The maximum absolute atomic E-state index is 12.6. The summed E-state index contributed by atoms with van der Waals surface area (Å²) in [5, 5.41) is 11.9. The van der Waals surface area contributed by atoms with E-state index in [2.05, 4.69) is 5.10 Å². The summed E-state index contributed by atoms with van der Waals surface area (Å²) in [5.74, 6) is -1.65. The van der Waals surface area contributed by atoms with E-state index in [1.54, 1.807) is 0 Å². The number of benzene rings is 1. The van der Waals surface area contributed by atoms with Crippen molar-refractivity contribution in [3.8, 4) is 5.69 Å². The molecule has 0 aliphatic heterocycles. The van der Waals surface area contributed by atoms with E-state index in [0.717, 1.165) is 10.9 Å². The van der Waals surface area contributed by atoms with Gasteiger partial charge in [-0.1, -0.05) is 23.2 Å². The first kappa shape index (κ1) is 15.5. The SMILES string of the molecule is Nc1nn(-c2c(Cl)cc(C(F)(F)F)cc2Cl)cc1C(=O)O. The minimum Gasteiger partial charge on any atom is -0.477 e. The zero-order valence-corrected chi connectivity index (χ0v) is 11.5. The molecule has 1 heterocycles. The lowest BCUT2D eigenvalue weighted by molar-refractivity contribution is -0.137. The van der Waals surface area contributed by atoms with Crippen LogP contribution in [-0.2, 0) is 6.18 Å². The summed E-state index contributed by atoms with van der Waals surface area (Å²) in [7, 11) is 0. The molecule has 5 nitrogen and oxygen atoms in total. The second-order valence-corrected chi connectivity index (χ2v) is 4.78. The van der Waals surface area contributed by atoms with Crippen molar-refractivity contribution in [1.29, 1.82) is 0 Å². The Balaban J connectivity index is 2.60. The molecule has 1 aromatic heterocycles. The minimum atomic E-state index is -4.61. The van der Waals surface area contributed by atoms with Crippen molar-refractivity contribution in [2.45, 2.75) is 6.18 Å². The van der Waals surface area contributed by atoms with E-state index in [1.165, 1.54) is 0 Å². The van der Waals surface area contributed by atoms with E-state index in [4.69, 9.17) is 34.0 Å². The number of rotatable bonds is 2. The molecule has 2 aromatic rings. The van der Waals surface area contributed by atoms with Crippen LogP contribution in [0.4, 0.5) is 19.0 Å². The van der Waals surface area contributed by atoms with Crippen molar-refractivity contribution in [1.82, 2.24) is 9.78 Å². The third kappa shape index (κ3) is 2.91. The monoisotopic (exact) mass is 339 g/mol. The summed E-state index contributed by atoms with van der Waals surface area (Å²) in [4.78, 5) is 10.9. The fourth-order valence-electron chi connectivity index (χ4n) is 1.61. The molecule has 2 rings (SSSR count). The number of aromatic carboxylic acids is 1. The van der Waals surface area contributed by atoms with Gasteiger partial charge in [-0.15, -0.1) is 5.10 Å². The fraction of sp³-hybridized carbons (Fsp3) is 0.0909. The molecule has 0 fully saturated rings. The molecule has 0 saturated carbocycles. The van der Waals surface area contributed by atoms with Gasteiger partial charge in [-0.2, -0.15) is 13.2 Å². The van der Waals surface area contributed by atoms with E-state index >= 15 is 0 Å². The normalized spacial score (nSPS) is 11.7. The molecular formula is C11H6Cl2F3N3O2. The first-order chi connectivity index (χ1) is 9.61. The van der Waals surface area contributed by atoms with Crippen LogP contribution in [0.25, 0.3) is 5.69 Å². The van der Waals surface area contributed by atoms with Crippen LogP contribution in [-0.4, -0.2) is 20.9 Å². The van der Waals surface area contributed by atoms with Crippen LogP contribution in [0.3, 0.4) is 0 Å². The number of hydrogen-bond acceptors (Lipinski definition) is 3. The van der Waals surface area contributed by atoms with Crippen LogP contribution in [0.5, 0.6) is 0 Å². The number of nitrogen functional groups attached to an aromatic ring is 1. The number of carbonyl (C=O) groups is 1. The lowest BCUT2D eigenvalue weighted by Crippen LogP contribution is -2.07. The first-order valence-corrected chi connectivity index (χ1v) is 6.02. The summed E-state index contributed by atoms with van der Waals surface area (Å²) < 4.78 is 38.8. The Kier molecular flexibility index (Phi) is 3.77. The summed E-state index contributed by atoms with van der Waals surface area (Å²) >= 11 is 11.6. The van der Waals surface area contributed by atoms with Gasteiger partial charge in [0, 0.05) is 6.20 Å². The number of carboxylic acid groups (broad SMARTS) is 1. The predicted octanol–water partition coefficient (Wildman–Crippen LogP) is 3.48. The number of nitrogens with zero attached hydrogens (tertiary/aromatic N) is 2. The standard InChI is InChI=1S/C11H6Cl2F3N3O2/c12-6-1-4(11(14,15)16)2-7(13)8(6)19-3-5(10(20)21)9(17)18-19/h1-3H,(H2,17,18)(H,20,21). The van der Waals surface area contributed by atoms with Gasteiger partial charge in [0.1, 0.15) is 11.3 Å². The highest BCUT2D eigenvalue weighted by atomic mass is 35.5. The smallest absolute Gasteiger partial charge is 0.416 e. The highest BCUT2D eigenvalue weighted by molar-refractivity contribution is 6.37. The lowest BCUT2D eigenvalue weighted by Gasteiger charge is -2.12. The van der Waals surface area contributed by atoms with Gasteiger partial charge in [-0.05, 0) is 12.1 Å². The molecule has 10 heteroatoms. The van der Waals surface area contributed by atoms with Crippen molar-refractivity contribution in [3.63, 3.8) is 0 Å². The van der Waals surface area contributed by atoms with E-state index in [-0.39, 0.29) is 27.1 Å². The molecule has 3 N–H and O–H groups in total. The average Bonchev–Trinajstić information content (AvgIpc) is 2.69. The lowest BCUT2D eigenvalue weighted by atomic mass is 10.2. The predicted molar refractivity (Wildman–Crippen MR) is 70.0 cm³/mol. The van der Waals surface area contributed by atoms with Crippen LogP contribution in [0.2, 0.25) is 10.0 Å². The Morgan fingerprint density at radius 3 is 2.19 bits per heavy atom. The highest BCUT2D eigenvalue weighted by Crippen LogP contribution is 2.37. The fourth-order valence-corrected chi connectivity index (χ4v) is 2.27. The van der Waals surface area contributed by atoms with Gasteiger partial charge in [-0.25, -0.2) is 9.48 Å². The van der Waals surface area contributed by atoms with Gasteiger partial charge in [0.2, 0.25) is 0 Å². The molecular weight excluding hydrogens is 334 g/mol. The van der Waals surface area contributed by atoms with E-state index < -0.39 is 17.7 Å². The van der Waals surface area contributed by atoms with Gasteiger partial charge >= 0.3 is 12.1 Å². The Labute approximate surface area is 125 Å². The Morgan fingerprint density at radius 1 is 1.29 bits per heavy atom. The average molecular weight is 340 g/mol. The summed E-state index contributed by atoms with van der Waals surface area (Å²) in [6.45, 7) is 0. The molecule has 21 heavy (non-hydrogen) atoms. The molecule has 1 aromatic carbocycles. The Hall–Kier alpha value is -1.93. The molecule has 0 amide bonds. The molecule has 0 aliphatic carbocycles. The topological polar surface area (TPSA) is 81.1 Å². The molecule has 0 atom stereocenters. The van der Waals surface area contributed by atoms with Gasteiger partial charge in [-0.3, -0.25) is 0 Å². The second-order valence-electron chi connectivity index (χ2n) is 3.96. The molecule has 0 saturated heterocycles. The molecule has 0 unspecified atom stereocenters. The van der Waals surface area contributed by atoms with Crippen molar-refractivity contribution < 1.29 is 23.1 Å². The molecule has 0 radical (unpaired) electrons. The molecule has 0 spiro atoms. The van der Waals surface area contributed by atoms with Crippen molar-refractivity contribution in [3.05, 3.63) is 39.5 Å². The zero-order valence-electron chi connectivity index (χ0n) is 9.95. The summed E-state index contributed by atoms with van der Waals surface area (Å²) in [5.41, 5.74) is 3.96. The number of hydrogen-bond donors (Lipinski definition) is 2. The first-order valence-electron chi connectivity index (χ1n) is 5.26. The number of nitrogens with two attached hydrogens (primary N) is 1. The van der Waals surface area contributed by atoms with Gasteiger partial charge in [0.05, 0.1) is 15.6 Å². The highest BCUT2D eigenvalue weighted by Gasteiger charge is 2.32. The number of anilines is 1. The zero-order chi connectivity index (χ0) is 15.9. The maximum Gasteiger partial charge on any atom is 0.416 e. The molecule has 0 bridgehead atoms. The Bertz CT molecular complexity index is 705. The minimum absolute atomic E-state index is 0.0921. The molecule has 0 aliphatic rings.